The van der Waals surface area contributed by atoms with E-state index in [1.54, 1.807) is 17.0 Å². The zero-order chi connectivity index (χ0) is 14.3. The molecule has 0 unspecified atom stereocenters. The van der Waals surface area contributed by atoms with Crippen molar-refractivity contribution in [2.24, 2.45) is 0 Å². The molecule has 0 atom stereocenters. The lowest BCUT2D eigenvalue weighted by atomic mass is 10.2. The van der Waals surface area contributed by atoms with Crippen molar-refractivity contribution in [1.29, 1.82) is 0 Å². The summed E-state index contributed by atoms with van der Waals surface area (Å²) in [6, 6.07) is 4.96. The second-order valence-electron chi connectivity index (χ2n) is 4.98. The van der Waals surface area contributed by atoms with Crippen LogP contribution < -0.4 is 4.90 Å². The molecule has 1 aliphatic heterocycles. The van der Waals surface area contributed by atoms with Crippen LogP contribution in [0.5, 0.6) is 0 Å². The topological polar surface area (TPSA) is 46.1 Å². The molecule has 3 rings (SSSR count). The number of hydrogen-bond donors (Lipinski definition) is 0. The minimum atomic E-state index is -0.367. The summed E-state index contributed by atoms with van der Waals surface area (Å²) in [4.78, 5) is 22.5. The van der Waals surface area contributed by atoms with E-state index in [1.165, 1.54) is 6.07 Å². The fraction of sp³-hybridized carbons (Fsp3) is 0.267. The van der Waals surface area contributed by atoms with Crippen molar-refractivity contribution >= 4 is 11.7 Å². The number of anilines is 1. The highest BCUT2D eigenvalue weighted by Crippen LogP contribution is 2.27. The van der Waals surface area contributed by atoms with Gasteiger partial charge in [-0.15, -0.1) is 0 Å². The minimum Gasteiger partial charge on any atom is -0.292 e. The lowest BCUT2D eigenvalue weighted by Gasteiger charge is -2.16. The van der Waals surface area contributed by atoms with Crippen LogP contribution in [0.15, 0.2) is 24.4 Å². The van der Waals surface area contributed by atoms with Crippen LogP contribution in [0.25, 0.3) is 0 Å². The van der Waals surface area contributed by atoms with Crippen LogP contribution in [-0.4, -0.2) is 22.4 Å². The number of carbonyl (C=O) groups is 1. The van der Waals surface area contributed by atoms with Gasteiger partial charge in [0.1, 0.15) is 11.6 Å². The van der Waals surface area contributed by atoms with E-state index in [-0.39, 0.29) is 11.7 Å². The Labute approximate surface area is 116 Å². The Morgan fingerprint density at radius 1 is 1.25 bits per heavy atom. The first-order chi connectivity index (χ1) is 9.54. The van der Waals surface area contributed by atoms with E-state index >= 15 is 0 Å². The summed E-state index contributed by atoms with van der Waals surface area (Å²) < 4.78 is 13.1. The molecule has 1 amide bonds. The third kappa shape index (κ3) is 2.15. The molecule has 0 aliphatic carbocycles. The van der Waals surface area contributed by atoms with Gasteiger partial charge in [0.05, 0.1) is 6.20 Å². The van der Waals surface area contributed by atoms with Gasteiger partial charge < -0.3 is 0 Å². The smallest absolute Gasteiger partial charge is 0.259 e. The molecule has 0 radical (unpaired) electrons. The number of carbonyl (C=O) groups excluding carboxylic acids is 1. The predicted molar refractivity (Wildman–Crippen MR) is 73.3 cm³/mol. The normalized spacial score (nSPS) is 13.4. The van der Waals surface area contributed by atoms with E-state index in [9.17, 15) is 9.18 Å². The van der Waals surface area contributed by atoms with Gasteiger partial charge in [-0.25, -0.2) is 9.37 Å². The first-order valence-corrected chi connectivity index (χ1v) is 6.46. The van der Waals surface area contributed by atoms with Gasteiger partial charge in [-0.1, -0.05) is 0 Å². The lowest BCUT2D eigenvalue weighted by Crippen LogP contribution is -2.29. The van der Waals surface area contributed by atoms with Crippen LogP contribution in [0.4, 0.5) is 10.2 Å². The number of rotatable bonds is 1. The third-order valence-electron chi connectivity index (χ3n) is 3.34. The molecular weight excluding hydrogens is 257 g/mol. The SMILES string of the molecule is Cc1cc(C(=O)N2CCc3cc(F)cnc32)cc(C)n1. The van der Waals surface area contributed by atoms with Crippen molar-refractivity contribution in [3.05, 3.63) is 52.7 Å². The van der Waals surface area contributed by atoms with E-state index in [0.29, 0.717) is 24.3 Å². The molecule has 0 aromatic carbocycles. The van der Waals surface area contributed by atoms with E-state index in [1.807, 2.05) is 13.8 Å². The fourth-order valence-electron chi connectivity index (χ4n) is 2.55. The van der Waals surface area contributed by atoms with Crippen LogP contribution in [-0.2, 0) is 6.42 Å². The monoisotopic (exact) mass is 271 g/mol. The lowest BCUT2D eigenvalue weighted by molar-refractivity contribution is 0.0988. The van der Waals surface area contributed by atoms with Crippen molar-refractivity contribution in [3.8, 4) is 0 Å². The molecule has 0 bridgehead atoms. The van der Waals surface area contributed by atoms with Crippen molar-refractivity contribution in [2.75, 3.05) is 11.4 Å². The average Bonchev–Trinajstić information content (AvgIpc) is 2.79. The van der Waals surface area contributed by atoms with Gasteiger partial charge in [-0.05, 0) is 44.0 Å². The van der Waals surface area contributed by atoms with Crippen LogP contribution in [0, 0.1) is 19.7 Å². The maximum Gasteiger partial charge on any atom is 0.259 e. The molecule has 102 valence electrons. The highest BCUT2D eigenvalue weighted by molar-refractivity contribution is 6.06. The molecule has 1 aliphatic rings. The molecule has 20 heavy (non-hydrogen) atoms. The summed E-state index contributed by atoms with van der Waals surface area (Å²) in [6.07, 6.45) is 1.78. The number of halogens is 1. The van der Waals surface area contributed by atoms with E-state index in [2.05, 4.69) is 9.97 Å². The molecule has 4 nitrogen and oxygen atoms in total. The fourth-order valence-corrected chi connectivity index (χ4v) is 2.55. The van der Waals surface area contributed by atoms with Gasteiger partial charge in [0.2, 0.25) is 0 Å². The molecule has 3 heterocycles. The van der Waals surface area contributed by atoms with Crippen LogP contribution >= 0.6 is 0 Å². The van der Waals surface area contributed by atoms with Crippen molar-refractivity contribution in [1.82, 2.24) is 9.97 Å². The Bertz CT molecular complexity index is 679. The first-order valence-electron chi connectivity index (χ1n) is 6.46. The summed E-state index contributed by atoms with van der Waals surface area (Å²) in [7, 11) is 0. The average molecular weight is 271 g/mol. The number of aromatic nitrogens is 2. The van der Waals surface area contributed by atoms with Crippen LogP contribution in [0.3, 0.4) is 0 Å². The maximum atomic E-state index is 13.1. The van der Waals surface area contributed by atoms with Gasteiger partial charge in [-0.3, -0.25) is 14.7 Å². The molecule has 2 aromatic heterocycles. The number of fused-ring (bicyclic) bond motifs is 1. The molecule has 0 N–H and O–H groups in total. The maximum absolute atomic E-state index is 13.1. The summed E-state index contributed by atoms with van der Waals surface area (Å²) in [5, 5.41) is 0. The van der Waals surface area contributed by atoms with E-state index in [4.69, 9.17) is 0 Å². The van der Waals surface area contributed by atoms with E-state index < -0.39 is 0 Å². The molecule has 0 saturated carbocycles. The zero-order valence-corrected chi connectivity index (χ0v) is 11.4. The quantitative estimate of drug-likeness (QED) is 0.800. The minimum absolute atomic E-state index is 0.114. The Hall–Kier alpha value is -2.30. The van der Waals surface area contributed by atoms with Gasteiger partial charge in [0.15, 0.2) is 0 Å². The molecule has 2 aromatic rings. The second-order valence-corrected chi connectivity index (χ2v) is 4.98. The van der Waals surface area contributed by atoms with Gasteiger partial charge >= 0.3 is 0 Å². The van der Waals surface area contributed by atoms with Gasteiger partial charge in [0.25, 0.3) is 5.91 Å². The Kier molecular flexibility index (Phi) is 2.97. The summed E-state index contributed by atoms with van der Waals surface area (Å²) in [6.45, 7) is 4.25. The first kappa shape index (κ1) is 12.7. The number of nitrogens with zero attached hydrogens (tertiary/aromatic N) is 3. The summed E-state index contributed by atoms with van der Waals surface area (Å²) in [5.41, 5.74) is 2.98. The summed E-state index contributed by atoms with van der Waals surface area (Å²) >= 11 is 0. The zero-order valence-electron chi connectivity index (χ0n) is 11.4. The van der Waals surface area contributed by atoms with Gasteiger partial charge in [0, 0.05) is 23.5 Å². The van der Waals surface area contributed by atoms with Crippen molar-refractivity contribution in [3.63, 3.8) is 0 Å². The van der Waals surface area contributed by atoms with Crippen molar-refractivity contribution < 1.29 is 9.18 Å². The molecular formula is C15H14FN3O. The molecule has 5 heteroatoms. The summed E-state index contributed by atoms with van der Waals surface area (Å²) in [5.74, 6) is 0.0774. The highest BCUT2D eigenvalue weighted by Gasteiger charge is 2.27. The Balaban J connectivity index is 1.97. The molecule has 0 spiro atoms. The Morgan fingerprint density at radius 2 is 1.95 bits per heavy atom. The predicted octanol–water partition coefficient (Wildman–Crippen LogP) is 2.44. The van der Waals surface area contributed by atoms with E-state index in [0.717, 1.165) is 23.1 Å². The number of amides is 1. The second kappa shape index (κ2) is 4.67. The van der Waals surface area contributed by atoms with Crippen LogP contribution in [0.2, 0.25) is 0 Å². The standard InChI is InChI=1S/C15H14FN3O/c1-9-5-12(6-10(2)18-9)15(20)19-4-3-11-7-13(16)8-17-14(11)19/h5-8H,3-4H2,1-2H3. The Morgan fingerprint density at radius 3 is 2.65 bits per heavy atom. The highest BCUT2D eigenvalue weighted by atomic mass is 19.1. The third-order valence-corrected chi connectivity index (χ3v) is 3.34. The van der Waals surface area contributed by atoms with Crippen LogP contribution in [0.1, 0.15) is 27.3 Å². The number of hydrogen-bond acceptors (Lipinski definition) is 3. The van der Waals surface area contributed by atoms with Gasteiger partial charge in [-0.2, -0.15) is 0 Å². The number of aryl methyl sites for hydroxylation is 2. The largest absolute Gasteiger partial charge is 0.292 e. The van der Waals surface area contributed by atoms with Crippen molar-refractivity contribution in [2.45, 2.75) is 20.3 Å². The molecule has 0 saturated heterocycles. The number of pyridine rings is 2. The molecule has 0 fully saturated rings.